The number of carbonyl (C=O) groups excluding carboxylic acids is 1. The van der Waals surface area contributed by atoms with Gasteiger partial charge in [0.05, 0.1) is 31.6 Å². The first-order valence-corrected chi connectivity index (χ1v) is 12.3. The van der Waals surface area contributed by atoms with Crippen LogP contribution < -0.4 is 19.1 Å². The summed E-state index contributed by atoms with van der Waals surface area (Å²) in [5.41, 5.74) is 2.27. The van der Waals surface area contributed by atoms with E-state index in [0.29, 0.717) is 17.2 Å². The molecule has 3 aromatic carbocycles. The maximum absolute atomic E-state index is 12.3. The Morgan fingerprint density at radius 1 is 0.970 bits per heavy atom. The van der Waals surface area contributed by atoms with E-state index >= 15 is 0 Å². The van der Waals surface area contributed by atoms with Crippen LogP contribution in [0.5, 0.6) is 11.5 Å². The second kappa shape index (κ2) is 10.9. The van der Waals surface area contributed by atoms with Crippen molar-refractivity contribution in [3.05, 3.63) is 90.0 Å². The van der Waals surface area contributed by atoms with Crippen molar-refractivity contribution in [3.63, 3.8) is 0 Å². The quantitative estimate of drug-likeness (QED) is 0.488. The van der Waals surface area contributed by atoms with E-state index in [1.165, 1.54) is 10.6 Å². The molecule has 33 heavy (non-hydrogen) atoms. The molecule has 0 heterocycles. The van der Waals surface area contributed by atoms with Gasteiger partial charge in [-0.25, -0.2) is 8.42 Å². The van der Waals surface area contributed by atoms with Crippen molar-refractivity contribution in [2.45, 2.75) is 19.5 Å². The molecule has 0 fully saturated rings. The molecule has 0 aliphatic heterocycles. The van der Waals surface area contributed by atoms with Crippen LogP contribution in [0.2, 0.25) is 0 Å². The van der Waals surface area contributed by atoms with E-state index < -0.39 is 10.0 Å². The fraction of sp³-hybridized carbons (Fsp3) is 0.240. The smallest absolute Gasteiger partial charge is 0.258 e. The minimum Gasteiger partial charge on any atom is -0.496 e. The number of hydrogen-bond donors (Lipinski definition) is 1. The topological polar surface area (TPSA) is 84.9 Å². The lowest BCUT2D eigenvalue weighted by molar-refractivity contribution is -0.123. The first-order valence-electron chi connectivity index (χ1n) is 10.4. The van der Waals surface area contributed by atoms with E-state index in [1.807, 2.05) is 61.5 Å². The number of anilines is 1. The number of carbonyl (C=O) groups is 1. The summed E-state index contributed by atoms with van der Waals surface area (Å²) in [6.07, 6.45) is 1.17. The lowest BCUT2D eigenvalue weighted by Gasteiger charge is -2.23. The van der Waals surface area contributed by atoms with Gasteiger partial charge in [0.25, 0.3) is 5.91 Å². The number of hydrogen-bond acceptors (Lipinski definition) is 5. The molecule has 0 aliphatic carbocycles. The predicted molar refractivity (Wildman–Crippen MR) is 129 cm³/mol. The SMILES string of the molecule is COc1ccccc1[C@H](C)NC(=O)COc1ccc(N(Cc2ccccc2)S(C)(=O)=O)cc1. The lowest BCUT2D eigenvalue weighted by atomic mass is 10.1. The second-order valence-electron chi connectivity index (χ2n) is 7.57. The lowest BCUT2D eigenvalue weighted by Crippen LogP contribution is -2.31. The number of benzene rings is 3. The maximum Gasteiger partial charge on any atom is 0.258 e. The molecule has 0 spiro atoms. The Labute approximate surface area is 195 Å². The molecular weight excluding hydrogens is 440 g/mol. The van der Waals surface area contributed by atoms with Crippen molar-refractivity contribution in [2.24, 2.45) is 0 Å². The Bertz CT molecular complexity index is 1160. The van der Waals surface area contributed by atoms with Crippen molar-refractivity contribution in [1.82, 2.24) is 5.32 Å². The van der Waals surface area contributed by atoms with Gasteiger partial charge in [-0.05, 0) is 42.8 Å². The Hall–Kier alpha value is -3.52. The molecule has 174 valence electrons. The molecule has 0 bridgehead atoms. The minimum atomic E-state index is -3.48. The number of para-hydroxylation sites is 1. The zero-order valence-corrected chi connectivity index (χ0v) is 19.7. The van der Waals surface area contributed by atoms with E-state index in [4.69, 9.17) is 9.47 Å². The number of ether oxygens (including phenoxy) is 2. The van der Waals surface area contributed by atoms with Gasteiger partial charge in [0, 0.05) is 5.56 Å². The summed E-state index contributed by atoms with van der Waals surface area (Å²) in [4.78, 5) is 12.3. The summed E-state index contributed by atoms with van der Waals surface area (Å²) < 4.78 is 36.9. The largest absolute Gasteiger partial charge is 0.496 e. The second-order valence-corrected chi connectivity index (χ2v) is 9.48. The molecule has 1 atom stereocenters. The molecule has 0 saturated carbocycles. The standard InChI is InChI=1S/C25H28N2O5S/c1-19(23-11-7-8-12-24(23)31-2)26-25(28)18-32-22-15-13-21(14-16-22)27(33(3,29)30)17-20-9-5-4-6-10-20/h4-16,19H,17-18H2,1-3H3,(H,26,28)/t19-/m0/s1. The van der Waals surface area contributed by atoms with Gasteiger partial charge in [-0.1, -0.05) is 48.5 Å². The highest BCUT2D eigenvalue weighted by Crippen LogP contribution is 2.25. The molecule has 3 aromatic rings. The fourth-order valence-corrected chi connectivity index (χ4v) is 4.28. The molecule has 1 N–H and O–H groups in total. The third kappa shape index (κ3) is 6.73. The molecule has 0 radical (unpaired) electrons. The molecule has 0 aliphatic rings. The Balaban J connectivity index is 1.61. The van der Waals surface area contributed by atoms with Crippen molar-refractivity contribution >= 4 is 21.6 Å². The summed E-state index contributed by atoms with van der Waals surface area (Å²) in [5.74, 6) is 0.888. The van der Waals surface area contributed by atoms with Gasteiger partial charge >= 0.3 is 0 Å². The highest BCUT2D eigenvalue weighted by Gasteiger charge is 2.18. The van der Waals surface area contributed by atoms with E-state index in [1.54, 1.807) is 31.4 Å². The van der Waals surface area contributed by atoms with Crippen LogP contribution in [0, 0.1) is 0 Å². The first-order chi connectivity index (χ1) is 15.8. The van der Waals surface area contributed by atoms with Gasteiger partial charge in [-0.3, -0.25) is 9.10 Å². The summed E-state index contributed by atoms with van der Waals surface area (Å²) in [6, 6.07) is 23.2. The number of nitrogens with one attached hydrogen (secondary N) is 1. The number of methoxy groups -OCH3 is 1. The number of amides is 1. The van der Waals surface area contributed by atoms with Crippen LogP contribution in [0.1, 0.15) is 24.1 Å². The average Bonchev–Trinajstić information content (AvgIpc) is 2.81. The van der Waals surface area contributed by atoms with Crippen LogP contribution in [0.15, 0.2) is 78.9 Å². The Morgan fingerprint density at radius 2 is 1.61 bits per heavy atom. The Kier molecular flexibility index (Phi) is 7.95. The molecule has 1 amide bonds. The first kappa shape index (κ1) is 24.1. The predicted octanol–water partition coefficient (Wildman–Crippen LogP) is 3.92. The maximum atomic E-state index is 12.3. The zero-order chi connectivity index (χ0) is 23.8. The van der Waals surface area contributed by atoms with Crippen LogP contribution in [-0.4, -0.2) is 34.3 Å². The van der Waals surface area contributed by atoms with Crippen LogP contribution >= 0.6 is 0 Å². The number of nitrogens with zero attached hydrogens (tertiary/aromatic N) is 1. The molecular formula is C25H28N2O5S. The normalized spacial score (nSPS) is 12.0. The zero-order valence-electron chi connectivity index (χ0n) is 18.9. The van der Waals surface area contributed by atoms with Crippen molar-refractivity contribution in [1.29, 1.82) is 0 Å². The number of sulfonamides is 1. The molecule has 3 rings (SSSR count). The molecule has 0 saturated heterocycles. The van der Waals surface area contributed by atoms with Crippen LogP contribution in [-0.2, 0) is 21.4 Å². The highest BCUT2D eigenvalue weighted by molar-refractivity contribution is 7.92. The third-order valence-electron chi connectivity index (χ3n) is 5.05. The van der Waals surface area contributed by atoms with E-state index in [0.717, 1.165) is 11.1 Å². The van der Waals surface area contributed by atoms with Crippen LogP contribution in [0.25, 0.3) is 0 Å². The number of rotatable bonds is 10. The van der Waals surface area contributed by atoms with Crippen LogP contribution in [0.4, 0.5) is 5.69 Å². The summed E-state index contributed by atoms with van der Waals surface area (Å²) >= 11 is 0. The van der Waals surface area contributed by atoms with E-state index in [9.17, 15) is 13.2 Å². The van der Waals surface area contributed by atoms with Gasteiger partial charge in [0.15, 0.2) is 6.61 Å². The van der Waals surface area contributed by atoms with E-state index in [-0.39, 0.29) is 25.1 Å². The van der Waals surface area contributed by atoms with Gasteiger partial charge in [0.1, 0.15) is 11.5 Å². The van der Waals surface area contributed by atoms with Crippen LogP contribution in [0.3, 0.4) is 0 Å². The molecule has 0 aromatic heterocycles. The van der Waals surface area contributed by atoms with Crippen molar-refractivity contribution in [3.8, 4) is 11.5 Å². The summed E-state index contributed by atoms with van der Waals surface area (Å²) in [5, 5.41) is 2.89. The summed E-state index contributed by atoms with van der Waals surface area (Å²) in [7, 11) is -1.89. The van der Waals surface area contributed by atoms with Crippen molar-refractivity contribution < 1.29 is 22.7 Å². The average molecular weight is 469 g/mol. The van der Waals surface area contributed by atoms with E-state index in [2.05, 4.69) is 5.32 Å². The molecule has 0 unspecified atom stereocenters. The summed E-state index contributed by atoms with van der Waals surface area (Å²) in [6.45, 7) is 1.93. The van der Waals surface area contributed by atoms with Gasteiger partial charge < -0.3 is 14.8 Å². The molecule has 7 nitrogen and oxygen atoms in total. The Morgan fingerprint density at radius 3 is 2.24 bits per heavy atom. The monoisotopic (exact) mass is 468 g/mol. The minimum absolute atomic E-state index is 0.168. The third-order valence-corrected chi connectivity index (χ3v) is 6.19. The van der Waals surface area contributed by atoms with Gasteiger partial charge in [-0.15, -0.1) is 0 Å². The highest BCUT2D eigenvalue weighted by atomic mass is 32.2. The van der Waals surface area contributed by atoms with Gasteiger partial charge in [0.2, 0.25) is 10.0 Å². The van der Waals surface area contributed by atoms with Crippen molar-refractivity contribution in [2.75, 3.05) is 24.3 Å². The van der Waals surface area contributed by atoms with Gasteiger partial charge in [-0.2, -0.15) is 0 Å². The molecule has 8 heteroatoms. The fourth-order valence-electron chi connectivity index (χ4n) is 3.39.